The molecule has 2 aliphatic rings. The van der Waals surface area contributed by atoms with Crippen LogP contribution < -0.4 is 9.64 Å². The summed E-state index contributed by atoms with van der Waals surface area (Å²) in [5, 5.41) is 0. The van der Waals surface area contributed by atoms with Crippen LogP contribution in [-0.4, -0.2) is 69.3 Å². The number of piperazine rings is 1. The molecular weight excluding hydrogens is 418 g/mol. The fourth-order valence-corrected chi connectivity index (χ4v) is 5.49. The summed E-state index contributed by atoms with van der Waals surface area (Å²) >= 11 is 0. The Kier molecular flexibility index (Phi) is 5.97. The van der Waals surface area contributed by atoms with Crippen LogP contribution in [0.5, 0.6) is 5.75 Å². The smallest absolute Gasteiger partial charge is 0.243 e. The lowest BCUT2D eigenvalue weighted by Gasteiger charge is -2.35. The summed E-state index contributed by atoms with van der Waals surface area (Å²) < 4.78 is 32.2. The molecule has 1 atom stereocenters. The minimum Gasteiger partial charge on any atom is -0.497 e. The highest BCUT2D eigenvalue weighted by molar-refractivity contribution is 7.89. The van der Waals surface area contributed by atoms with Crippen molar-refractivity contribution < 1.29 is 22.7 Å². The van der Waals surface area contributed by atoms with Crippen LogP contribution in [-0.2, 0) is 19.6 Å². The molecule has 2 aromatic rings. The summed E-state index contributed by atoms with van der Waals surface area (Å²) in [5.74, 6) is 0.0132. The highest BCUT2D eigenvalue weighted by Crippen LogP contribution is 2.29. The Balaban J connectivity index is 1.38. The van der Waals surface area contributed by atoms with Crippen molar-refractivity contribution >= 4 is 27.5 Å². The van der Waals surface area contributed by atoms with Crippen LogP contribution in [0, 0.1) is 5.92 Å². The summed E-state index contributed by atoms with van der Waals surface area (Å²) in [6.07, 6.45) is 0.151. The maximum atomic E-state index is 13.0. The first-order chi connectivity index (χ1) is 14.9. The second kappa shape index (κ2) is 8.68. The molecule has 2 saturated heterocycles. The molecule has 0 aliphatic carbocycles. The zero-order chi connectivity index (χ0) is 22.0. The highest BCUT2D eigenvalue weighted by Gasteiger charge is 2.39. The van der Waals surface area contributed by atoms with Gasteiger partial charge in [-0.05, 0) is 24.3 Å². The largest absolute Gasteiger partial charge is 0.497 e. The number of amides is 2. The topological polar surface area (TPSA) is 87.2 Å². The average Bonchev–Trinajstić information content (AvgIpc) is 3.21. The molecule has 164 valence electrons. The Labute approximate surface area is 182 Å². The Morgan fingerprint density at radius 1 is 1.00 bits per heavy atom. The molecule has 31 heavy (non-hydrogen) atoms. The lowest BCUT2D eigenvalue weighted by Crippen LogP contribution is -2.52. The molecule has 2 aliphatic heterocycles. The molecule has 8 nitrogen and oxygen atoms in total. The Morgan fingerprint density at radius 2 is 1.71 bits per heavy atom. The van der Waals surface area contributed by atoms with Crippen molar-refractivity contribution in [1.29, 1.82) is 0 Å². The van der Waals surface area contributed by atoms with Crippen LogP contribution >= 0.6 is 0 Å². The van der Waals surface area contributed by atoms with E-state index >= 15 is 0 Å². The van der Waals surface area contributed by atoms with E-state index < -0.39 is 15.9 Å². The number of carbonyl (C=O) groups excluding carboxylic acids is 2. The van der Waals surface area contributed by atoms with E-state index in [-0.39, 0.29) is 36.2 Å². The first-order valence-electron chi connectivity index (χ1n) is 10.2. The molecule has 0 radical (unpaired) electrons. The molecule has 0 N–H and O–H groups in total. The highest BCUT2D eigenvalue weighted by atomic mass is 32.2. The van der Waals surface area contributed by atoms with E-state index in [4.69, 9.17) is 4.74 Å². The zero-order valence-electron chi connectivity index (χ0n) is 17.3. The molecule has 0 saturated carbocycles. The van der Waals surface area contributed by atoms with E-state index in [1.165, 1.54) is 4.31 Å². The third-order valence-corrected chi connectivity index (χ3v) is 7.68. The van der Waals surface area contributed by atoms with Crippen molar-refractivity contribution in [1.82, 2.24) is 9.21 Å². The quantitative estimate of drug-likeness (QED) is 0.700. The Morgan fingerprint density at radius 3 is 2.39 bits per heavy atom. The first-order valence-corrected chi connectivity index (χ1v) is 11.6. The van der Waals surface area contributed by atoms with Crippen molar-refractivity contribution in [2.45, 2.75) is 11.3 Å². The van der Waals surface area contributed by atoms with Gasteiger partial charge in [-0.3, -0.25) is 9.59 Å². The minimum absolute atomic E-state index is 0.100. The fraction of sp³-hybridized carbons (Fsp3) is 0.364. The Bertz CT molecular complexity index is 1070. The number of hydrogen-bond donors (Lipinski definition) is 0. The molecular formula is C22H25N3O5S. The molecule has 2 heterocycles. The third-order valence-electron chi connectivity index (χ3n) is 5.77. The van der Waals surface area contributed by atoms with E-state index in [1.54, 1.807) is 59.4 Å². The SMILES string of the molecule is COc1cccc(N2C[C@H](C(=O)N3CCN(S(=O)(=O)c4ccccc4)CC3)CC2=O)c1. The van der Waals surface area contributed by atoms with Gasteiger partial charge in [-0.1, -0.05) is 24.3 Å². The number of ether oxygens (including phenoxy) is 1. The number of rotatable bonds is 5. The number of anilines is 1. The van der Waals surface area contributed by atoms with E-state index in [0.717, 1.165) is 0 Å². The molecule has 0 bridgehead atoms. The second-order valence-electron chi connectivity index (χ2n) is 7.65. The maximum absolute atomic E-state index is 13.0. The Hall–Kier alpha value is -2.91. The maximum Gasteiger partial charge on any atom is 0.243 e. The standard InChI is InChI=1S/C22H25N3O5S/c1-30-19-7-5-6-18(15-19)25-16-17(14-21(25)26)22(27)23-10-12-24(13-11-23)31(28,29)20-8-3-2-4-9-20/h2-9,15,17H,10-14,16H2,1H3/t17-/m1/s1. The minimum atomic E-state index is -3.57. The van der Waals surface area contributed by atoms with Gasteiger partial charge in [-0.15, -0.1) is 0 Å². The van der Waals surface area contributed by atoms with Crippen molar-refractivity contribution in [3.63, 3.8) is 0 Å². The average molecular weight is 444 g/mol. The molecule has 2 fully saturated rings. The number of nitrogens with zero attached hydrogens (tertiary/aromatic N) is 3. The molecule has 4 rings (SSSR count). The molecule has 2 aromatic carbocycles. The van der Waals surface area contributed by atoms with Crippen molar-refractivity contribution in [3.05, 3.63) is 54.6 Å². The number of benzene rings is 2. The van der Waals surface area contributed by atoms with Gasteiger partial charge < -0.3 is 14.5 Å². The van der Waals surface area contributed by atoms with E-state index in [2.05, 4.69) is 0 Å². The fourth-order valence-electron chi connectivity index (χ4n) is 4.05. The predicted molar refractivity (Wildman–Crippen MR) is 115 cm³/mol. The van der Waals surface area contributed by atoms with Crippen LogP contribution in [0.15, 0.2) is 59.5 Å². The summed E-state index contributed by atoms with van der Waals surface area (Å²) in [6.45, 7) is 1.42. The lowest BCUT2D eigenvalue weighted by molar-refractivity contribution is -0.136. The van der Waals surface area contributed by atoms with E-state index in [1.807, 2.05) is 12.1 Å². The molecule has 0 unspecified atom stereocenters. The predicted octanol–water partition coefficient (Wildman–Crippen LogP) is 1.58. The summed E-state index contributed by atoms with van der Waals surface area (Å²) in [7, 11) is -2.00. The van der Waals surface area contributed by atoms with E-state index in [9.17, 15) is 18.0 Å². The van der Waals surface area contributed by atoms with Crippen molar-refractivity contribution in [2.75, 3.05) is 44.7 Å². The van der Waals surface area contributed by atoms with Gasteiger partial charge in [-0.25, -0.2) is 8.42 Å². The third kappa shape index (κ3) is 4.28. The van der Waals surface area contributed by atoms with Gasteiger partial charge >= 0.3 is 0 Å². The number of hydrogen-bond acceptors (Lipinski definition) is 5. The normalized spacial score (nSPS) is 20.2. The van der Waals surface area contributed by atoms with Crippen molar-refractivity contribution in [3.8, 4) is 5.75 Å². The van der Waals surface area contributed by atoms with Gasteiger partial charge in [0.25, 0.3) is 0 Å². The van der Waals surface area contributed by atoms with Gasteiger partial charge in [0.1, 0.15) is 5.75 Å². The van der Waals surface area contributed by atoms with Gasteiger partial charge in [0, 0.05) is 50.9 Å². The van der Waals surface area contributed by atoms with Crippen LogP contribution in [0.1, 0.15) is 6.42 Å². The van der Waals surface area contributed by atoms with Gasteiger partial charge in [-0.2, -0.15) is 4.31 Å². The second-order valence-corrected chi connectivity index (χ2v) is 9.59. The number of methoxy groups -OCH3 is 1. The lowest BCUT2D eigenvalue weighted by atomic mass is 10.1. The molecule has 0 aromatic heterocycles. The van der Waals surface area contributed by atoms with E-state index in [0.29, 0.717) is 31.1 Å². The monoisotopic (exact) mass is 443 g/mol. The van der Waals surface area contributed by atoms with Gasteiger partial charge in [0.05, 0.1) is 17.9 Å². The molecule has 9 heteroatoms. The zero-order valence-corrected chi connectivity index (χ0v) is 18.1. The number of sulfonamides is 1. The number of carbonyl (C=O) groups is 2. The summed E-state index contributed by atoms with van der Waals surface area (Å²) in [5.41, 5.74) is 0.707. The summed E-state index contributed by atoms with van der Waals surface area (Å²) in [6, 6.07) is 15.5. The van der Waals surface area contributed by atoms with Crippen LogP contribution in [0.2, 0.25) is 0 Å². The summed E-state index contributed by atoms with van der Waals surface area (Å²) in [4.78, 5) is 29.1. The first kappa shape index (κ1) is 21.3. The van der Waals surface area contributed by atoms with Crippen LogP contribution in [0.3, 0.4) is 0 Å². The molecule has 2 amide bonds. The van der Waals surface area contributed by atoms with Gasteiger partial charge in [0.2, 0.25) is 21.8 Å². The molecule has 0 spiro atoms. The van der Waals surface area contributed by atoms with Crippen LogP contribution in [0.4, 0.5) is 5.69 Å². The van der Waals surface area contributed by atoms with Gasteiger partial charge in [0.15, 0.2) is 0 Å². The van der Waals surface area contributed by atoms with Crippen LogP contribution in [0.25, 0.3) is 0 Å². The van der Waals surface area contributed by atoms with Crippen molar-refractivity contribution in [2.24, 2.45) is 5.92 Å².